The average Bonchev–Trinajstić information content (AvgIpc) is 2.52. The summed E-state index contributed by atoms with van der Waals surface area (Å²) in [7, 11) is 0. The smallest absolute Gasteiger partial charge is 0.333 e. The van der Waals surface area contributed by atoms with Crippen molar-refractivity contribution in [2.75, 3.05) is 31.1 Å². The molecule has 0 aromatic carbocycles. The molecule has 0 amide bonds. The van der Waals surface area contributed by atoms with Crippen molar-refractivity contribution in [3.05, 3.63) is 51.2 Å². The third kappa shape index (κ3) is 2.70. The van der Waals surface area contributed by atoms with Crippen molar-refractivity contribution in [2.24, 2.45) is 0 Å². The SMILES string of the molecule is O=c1[nH]c(=O)n(-c2ccc(N3CCNCC3)nc2)cc1F. The van der Waals surface area contributed by atoms with Crippen molar-refractivity contribution in [3.8, 4) is 5.69 Å². The number of aromatic amines is 1. The third-order valence-electron chi connectivity index (χ3n) is 3.35. The van der Waals surface area contributed by atoms with Gasteiger partial charge in [0, 0.05) is 26.2 Å². The molecule has 1 saturated heterocycles. The third-order valence-corrected chi connectivity index (χ3v) is 3.35. The lowest BCUT2D eigenvalue weighted by atomic mass is 10.3. The molecule has 0 unspecified atom stereocenters. The molecule has 0 saturated carbocycles. The van der Waals surface area contributed by atoms with Gasteiger partial charge < -0.3 is 10.2 Å². The van der Waals surface area contributed by atoms with Gasteiger partial charge in [0.05, 0.1) is 18.1 Å². The largest absolute Gasteiger partial charge is 0.354 e. The van der Waals surface area contributed by atoms with Crippen LogP contribution >= 0.6 is 0 Å². The first kappa shape index (κ1) is 13.5. The molecule has 21 heavy (non-hydrogen) atoms. The van der Waals surface area contributed by atoms with E-state index < -0.39 is 17.1 Å². The highest BCUT2D eigenvalue weighted by Gasteiger charge is 2.12. The molecule has 2 aromatic rings. The van der Waals surface area contributed by atoms with Gasteiger partial charge in [0.2, 0.25) is 5.82 Å². The summed E-state index contributed by atoms with van der Waals surface area (Å²) in [5, 5.41) is 3.25. The minimum Gasteiger partial charge on any atom is -0.354 e. The van der Waals surface area contributed by atoms with Crippen molar-refractivity contribution in [3.63, 3.8) is 0 Å². The van der Waals surface area contributed by atoms with Gasteiger partial charge in [-0.25, -0.2) is 9.78 Å². The Labute approximate surface area is 119 Å². The Morgan fingerprint density at radius 2 is 1.95 bits per heavy atom. The number of hydrogen-bond donors (Lipinski definition) is 2. The van der Waals surface area contributed by atoms with E-state index in [0.717, 1.165) is 42.8 Å². The van der Waals surface area contributed by atoms with Gasteiger partial charge in [-0.15, -0.1) is 0 Å². The number of H-pyrrole nitrogens is 1. The van der Waals surface area contributed by atoms with Crippen LogP contribution in [0.4, 0.5) is 10.2 Å². The Morgan fingerprint density at radius 3 is 2.62 bits per heavy atom. The van der Waals surface area contributed by atoms with E-state index in [1.165, 1.54) is 6.20 Å². The summed E-state index contributed by atoms with van der Waals surface area (Å²) in [6.45, 7) is 3.52. The van der Waals surface area contributed by atoms with Crippen LogP contribution in [0.15, 0.2) is 34.1 Å². The van der Waals surface area contributed by atoms with Crippen LogP contribution in [0.1, 0.15) is 0 Å². The van der Waals surface area contributed by atoms with Gasteiger partial charge in [-0.05, 0) is 12.1 Å². The molecule has 8 heteroatoms. The predicted molar refractivity (Wildman–Crippen MR) is 75.5 cm³/mol. The van der Waals surface area contributed by atoms with E-state index in [-0.39, 0.29) is 0 Å². The van der Waals surface area contributed by atoms with Gasteiger partial charge >= 0.3 is 5.69 Å². The first-order valence-corrected chi connectivity index (χ1v) is 6.59. The fourth-order valence-corrected chi connectivity index (χ4v) is 2.24. The molecule has 2 aromatic heterocycles. The lowest BCUT2D eigenvalue weighted by Gasteiger charge is -2.28. The van der Waals surface area contributed by atoms with Crippen LogP contribution in [0, 0.1) is 5.82 Å². The Morgan fingerprint density at radius 1 is 1.19 bits per heavy atom. The minimum absolute atomic E-state index is 0.397. The summed E-state index contributed by atoms with van der Waals surface area (Å²) < 4.78 is 14.3. The highest BCUT2D eigenvalue weighted by molar-refractivity contribution is 5.43. The molecule has 1 aliphatic rings. The zero-order valence-electron chi connectivity index (χ0n) is 11.2. The maximum atomic E-state index is 13.3. The normalized spacial score (nSPS) is 15.2. The zero-order valence-corrected chi connectivity index (χ0v) is 11.2. The van der Waals surface area contributed by atoms with E-state index in [0.29, 0.717) is 5.69 Å². The topological polar surface area (TPSA) is 83.0 Å². The number of aromatic nitrogens is 3. The Kier molecular flexibility index (Phi) is 3.53. The lowest BCUT2D eigenvalue weighted by Crippen LogP contribution is -2.43. The number of pyridine rings is 1. The second-order valence-corrected chi connectivity index (χ2v) is 4.72. The van der Waals surface area contributed by atoms with Crippen LogP contribution in [-0.4, -0.2) is 40.7 Å². The first-order chi connectivity index (χ1) is 10.1. The fourth-order valence-electron chi connectivity index (χ4n) is 2.24. The summed E-state index contributed by atoms with van der Waals surface area (Å²) in [5.74, 6) is -0.209. The van der Waals surface area contributed by atoms with Crippen LogP contribution in [0.3, 0.4) is 0 Å². The van der Waals surface area contributed by atoms with E-state index in [4.69, 9.17) is 0 Å². The quantitative estimate of drug-likeness (QED) is 0.777. The van der Waals surface area contributed by atoms with Crippen LogP contribution in [0.25, 0.3) is 5.69 Å². The number of piperazine rings is 1. The molecule has 3 heterocycles. The van der Waals surface area contributed by atoms with Crippen LogP contribution < -0.4 is 21.5 Å². The van der Waals surface area contributed by atoms with Gasteiger partial charge in [-0.1, -0.05) is 0 Å². The highest BCUT2D eigenvalue weighted by atomic mass is 19.1. The standard InChI is InChI=1S/C13H14FN5O2/c14-10-8-19(13(21)17-12(10)20)9-1-2-11(16-7-9)18-5-3-15-4-6-18/h1-2,7-8,15H,3-6H2,(H,17,20,21). The summed E-state index contributed by atoms with van der Waals surface area (Å²) in [4.78, 5) is 31.0. The van der Waals surface area contributed by atoms with E-state index in [1.807, 2.05) is 4.98 Å². The van der Waals surface area contributed by atoms with Crippen molar-refractivity contribution >= 4 is 5.82 Å². The number of rotatable bonds is 2. The molecule has 7 nitrogen and oxygen atoms in total. The summed E-state index contributed by atoms with van der Waals surface area (Å²) in [5.41, 5.74) is -1.33. The summed E-state index contributed by atoms with van der Waals surface area (Å²) in [6.07, 6.45) is 2.35. The monoisotopic (exact) mass is 291 g/mol. The van der Waals surface area contributed by atoms with Crippen molar-refractivity contribution in [1.82, 2.24) is 19.9 Å². The number of anilines is 1. The molecule has 1 aliphatic heterocycles. The van der Waals surface area contributed by atoms with Crippen LogP contribution in [0.2, 0.25) is 0 Å². The molecule has 2 N–H and O–H groups in total. The van der Waals surface area contributed by atoms with E-state index >= 15 is 0 Å². The van der Waals surface area contributed by atoms with Gasteiger partial charge in [-0.3, -0.25) is 14.3 Å². The molecule has 0 spiro atoms. The molecule has 110 valence electrons. The second kappa shape index (κ2) is 5.49. The van der Waals surface area contributed by atoms with E-state index in [9.17, 15) is 14.0 Å². The lowest BCUT2D eigenvalue weighted by molar-refractivity contribution is 0.583. The maximum Gasteiger partial charge on any atom is 0.333 e. The van der Waals surface area contributed by atoms with Gasteiger partial charge in [0.1, 0.15) is 5.82 Å². The second-order valence-electron chi connectivity index (χ2n) is 4.72. The van der Waals surface area contributed by atoms with Crippen LogP contribution in [0.5, 0.6) is 0 Å². The molecular weight excluding hydrogens is 277 g/mol. The molecule has 1 fully saturated rings. The van der Waals surface area contributed by atoms with Gasteiger partial charge in [0.15, 0.2) is 0 Å². The highest BCUT2D eigenvalue weighted by Crippen LogP contribution is 2.13. The van der Waals surface area contributed by atoms with E-state index in [1.54, 1.807) is 12.1 Å². The Bertz CT molecular complexity index is 746. The first-order valence-electron chi connectivity index (χ1n) is 6.59. The fraction of sp³-hybridized carbons (Fsp3) is 0.308. The number of hydrogen-bond acceptors (Lipinski definition) is 5. The average molecular weight is 291 g/mol. The Balaban J connectivity index is 1.92. The molecule has 0 radical (unpaired) electrons. The molecule has 0 aliphatic carbocycles. The van der Waals surface area contributed by atoms with Gasteiger partial charge in [0.25, 0.3) is 5.56 Å². The molecule has 0 bridgehead atoms. The maximum absolute atomic E-state index is 13.3. The molecule has 0 atom stereocenters. The summed E-state index contributed by atoms with van der Waals surface area (Å²) >= 11 is 0. The van der Waals surface area contributed by atoms with Crippen molar-refractivity contribution < 1.29 is 4.39 Å². The summed E-state index contributed by atoms with van der Waals surface area (Å²) in [6, 6.07) is 3.44. The zero-order chi connectivity index (χ0) is 14.8. The van der Waals surface area contributed by atoms with Crippen molar-refractivity contribution in [1.29, 1.82) is 0 Å². The number of halogens is 1. The predicted octanol–water partition coefficient (Wildman–Crippen LogP) is -0.531. The molecule has 3 rings (SSSR count). The van der Waals surface area contributed by atoms with Crippen molar-refractivity contribution in [2.45, 2.75) is 0 Å². The number of nitrogens with zero attached hydrogens (tertiary/aromatic N) is 3. The van der Waals surface area contributed by atoms with E-state index in [2.05, 4.69) is 15.2 Å². The molecular formula is C13H14FN5O2. The van der Waals surface area contributed by atoms with Crippen LogP contribution in [-0.2, 0) is 0 Å². The number of nitrogens with one attached hydrogen (secondary N) is 2. The Hall–Kier alpha value is -2.48. The van der Waals surface area contributed by atoms with Gasteiger partial charge in [-0.2, -0.15) is 4.39 Å². The minimum atomic E-state index is -1.03.